The lowest BCUT2D eigenvalue weighted by Crippen LogP contribution is -2.62. The van der Waals surface area contributed by atoms with Crippen molar-refractivity contribution in [2.24, 2.45) is 40.4 Å². The minimum absolute atomic E-state index is 0.00782. The number of Topliss-reactive ketones (excluding diaryl/α,β-unsaturated/α-hetero) is 1. The maximum atomic E-state index is 13.0. The molecule has 6 fully saturated rings. The largest absolute Gasteiger partial charge is 0.462 e. The lowest BCUT2D eigenvalue weighted by Gasteiger charge is -2.60. The Bertz CT molecular complexity index is 753. The average Bonchev–Trinajstić information content (AvgIpc) is 3.49. The van der Waals surface area contributed by atoms with Gasteiger partial charge in [0.25, 0.3) is 0 Å². The third kappa shape index (κ3) is 1.90. The Morgan fingerprint density at radius 1 is 1.26 bits per heavy atom. The molecule has 148 valence electrons. The number of hydrogen-bond donors (Lipinski definition) is 0. The van der Waals surface area contributed by atoms with Crippen LogP contribution >= 0.6 is 15.9 Å². The molecule has 0 amide bonds. The van der Waals surface area contributed by atoms with E-state index in [1.165, 1.54) is 6.92 Å². The van der Waals surface area contributed by atoms with Gasteiger partial charge >= 0.3 is 5.97 Å². The van der Waals surface area contributed by atoms with Crippen molar-refractivity contribution in [2.75, 3.05) is 0 Å². The number of halogens is 1. The summed E-state index contributed by atoms with van der Waals surface area (Å²) in [5.74, 6) is 3.04. The first-order valence-corrected chi connectivity index (χ1v) is 11.7. The highest BCUT2D eigenvalue weighted by Crippen LogP contribution is 2.77. The standard InChI is InChI=1S/C22H29BrO4/c1-10(24)26-11-4-7-21(3)14-5-6-20(2)16(12-8-13(12)18(20)25)15(14)17(23)19-22(21,9-11)27-19/h11-17,19H,4-9H2,1-3H3/t11-,12+,13-,14-,15+,16-,17-,19-,20-,21+,22-/m0/s1. The molecule has 0 aromatic heterocycles. The molecule has 1 heterocycles. The summed E-state index contributed by atoms with van der Waals surface area (Å²) in [5.41, 5.74) is -0.0957. The summed E-state index contributed by atoms with van der Waals surface area (Å²) in [5, 5.41) is 0. The fourth-order valence-corrected chi connectivity index (χ4v) is 9.79. The normalized spacial score (nSPS) is 62.4. The summed E-state index contributed by atoms with van der Waals surface area (Å²) in [6.07, 6.45) is 6.36. The van der Waals surface area contributed by atoms with E-state index in [4.69, 9.17) is 9.47 Å². The molecule has 5 heteroatoms. The Hall–Kier alpha value is -0.420. The summed E-state index contributed by atoms with van der Waals surface area (Å²) in [6.45, 7) is 6.21. The number of ketones is 1. The minimum atomic E-state index is -0.182. The van der Waals surface area contributed by atoms with Crippen molar-refractivity contribution >= 4 is 27.7 Å². The first kappa shape index (κ1) is 17.4. The Morgan fingerprint density at radius 2 is 2.04 bits per heavy atom. The Morgan fingerprint density at radius 3 is 2.78 bits per heavy atom. The van der Waals surface area contributed by atoms with Crippen LogP contribution < -0.4 is 0 Å². The third-order valence-corrected chi connectivity index (χ3v) is 10.9. The van der Waals surface area contributed by atoms with Crippen molar-refractivity contribution in [2.45, 2.75) is 81.9 Å². The van der Waals surface area contributed by atoms with E-state index in [9.17, 15) is 9.59 Å². The van der Waals surface area contributed by atoms with Crippen LogP contribution in [-0.2, 0) is 19.1 Å². The fourth-order valence-electron chi connectivity index (χ4n) is 8.56. The topological polar surface area (TPSA) is 55.9 Å². The van der Waals surface area contributed by atoms with Crippen molar-refractivity contribution in [1.29, 1.82) is 0 Å². The Balaban J connectivity index is 1.36. The number of rotatable bonds is 1. The van der Waals surface area contributed by atoms with Crippen LogP contribution in [0.2, 0.25) is 0 Å². The summed E-state index contributed by atoms with van der Waals surface area (Å²) >= 11 is 4.07. The SMILES string of the molecule is CC(=O)O[C@H]1CC[C@]2(C)[C@H]3CC[C@]4(C)C(=O)[C@H]5C[C@H]5[C@H]4[C@@H]3[C@H](Br)[C@@H]3O[C@@]32C1. The van der Waals surface area contributed by atoms with Gasteiger partial charge in [-0.05, 0) is 55.8 Å². The van der Waals surface area contributed by atoms with Gasteiger partial charge in [0.1, 0.15) is 23.6 Å². The second-order valence-electron chi connectivity index (χ2n) is 10.8. The van der Waals surface area contributed by atoms with Gasteiger partial charge in [-0.15, -0.1) is 0 Å². The number of fused-ring (bicyclic) bond motifs is 6. The smallest absolute Gasteiger partial charge is 0.302 e. The van der Waals surface area contributed by atoms with Crippen molar-refractivity contribution in [3.8, 4) is 0 Å². The highest BCUT2D eigenvalue weighted by atomic mass is 79.9. The van der Waals surface area contributed by atoms with Crippen molar-refractivity contribution in [3.63, 3.8) is 0 Å². The van der Waals surface area contributed by atoms with Crippen molar-refractivity contribution in [3.05, 3.63) is 0 Å². The molecule has 11 atom stereocenters. The summed E-state index contributed by atoms with van der Waals surface area (Å²) in [7, 11) is 0. The van der Waals surface area contributed by atoms with Gasteiger partial charge in [-0.25, -0.2) is 0 Å². The molecule has 5 saturated carbocycles. The van der Waals surface area contributed by atoms with E-state index < -0.39 is 0 Å². The molecule has 0 N–H and O–H groups in total. The van der Waals surface area contributed by atoms with E-state index in [1.807, 2.05) is 0 Å². The maximum absolute atomic E-state index is 13.0. The molecular weight excluding hydrogens is 408 g/mol. The maximum Gasteiger partial charge on any atom is 0.302 e. The van der Waals surface area contributed by atoms with Crippen LogP contribution in [0.5, 0.6) is 0 Å². The molecule has 0 radical (unpaired) electrons. The van der Waals surface area contributed by atoms with E-state index >= 15 is 0 Å². The molecule has 0 bridgehead atoms. The van der Waals surface area contributed by atoms with E-state index in [2.05, 4.69) is 29.8 Å². The van der Waals surface area contributed by atoms with Gasteiger partial charge in [-0.2, -0.15) is 0 Å². The zero-order valence-corrected chi connectivity index (χ0v) is 18.0. The Labute approximate surface area is 169 Å². The Kier molecular flexibility index (Phi) is 3.23. The van der Waals surface area contributed by atoms with Crippen LogP contribution in [0.4, 0.5) is 0 Å². The quantitative estimate of drug-likeness (QED) is 0.355. The second-order valence-corrected chi connectivity index (χ2v) is 11.9. The monoisotopic (exact) mass is 436 g/mol. The third-order valence-electron chi connectivity index (χ3n) is 9.82. The van der Waals surface area contributed by atoms with Crippen LogP contribution in [0, 0.1) is 40.4 Å². The van der Waals surface area contributed by atoms with Gasteiger partial charge in [0.05, 0.1) is 0 Å². The molecule has 4 nitrogen and oxygen atoms in total. The van der Waals surface area contributed by atoms with E-state index in [0.717, 1.165) is 38.5 Å². The molecule has 6 rings (SSSR count). The van der Waals surface area contributed by atoms with Crippen LogP contribution in [0.1, 0.15) is 59.3 Å². The van der Waals surface area contributed by atoms with Crippen LogP contribution in [0.3, 0.4) is 0 Å². The predicted octanol–water partition coefficient (Wildman–Crippen LogP) is 3.89. The molecule has 0 aromatic carbocycles. The number of ether oxygens (including phenoxy) is 2. The van der Waals surface area contributed by atoms with E-state index in [-0.39, 0.29) is 34.6 Å². The zero-order chi connectivity index (χ0) is 18.9. The lowest BCUT2D eigenvalue weighted by molar-refractivity contribution is -0.158. The van der Waals surface area contributed by atoms with Gasteiger partial charge in [0.2, 0.25) is 0 Å². The molecule has 1 aliphatic heterocycles. The van der Waals surface area contributed by atoms with Gasteiger partial charge < -0.3 is 9.47 Å². The number of carbonyl (C=O) groups excluding carboxylic acids is 2. The first-order valence-electron chi connectivity index (χ1n) is 10.8. The first-order chi connectivity index (χ1) is 12.7. The van der Waals surface area contributed by atoms with Crippen LogP contribution in [-0.4, -0.2) is 34.4 Å². The van der Waals surface area contributed by atoms with Crippen molar-refractivity contribution in [1.82, 2.24) is 0 Å². The van der Waals surface area contributed by atoms with Crippen LogP contribution in [0.25, 0.3) is 0 Å². The highest BCUT2D eigenvalue weighted by Gasteiger charge is 2.81. The van der Waals surface area contributed by atoms with Crippen LogP contribution in [0.15, 0.2) is 0 Å². The van der Waals surface area contributed by atoms with E-state index in [1.54, 1.807) is 0 Å². The van der Waals surface area contributed by atoms with Gasteiger partial charge in [-0.1, -0.05) is 29.8 Å². The van der Waals surface area contributed by atoms with Gasteiger partial charge in [-0.3, -0.25) is 9.59 Å². The number of alkyl halides is 1. The molecule has 5 aliphatic carbocycles. The molecule has 0 unspecified atom stereocenters. The summed E-state index contributed by atoms with van der Waals surface area (Å²) in [4.78, 5) is 24.8. The number of epoxide rings is 1. The van der Waals surface area contributed by atoms with E-state index in [0.29, 0.717) is 40.2 Å². The number of esters is 1. The summed E-state index contributed by atoms with van der Waals surface area (Å²) < 4.78 is 12.1. The van der Waals surface area contributed by atoms with Gasteiger partial charge in [0, 0.05) is 34.9 Å². The number of hydrogen-bond acceptors (Lipinski definition) is 4. The van der Waals surface area contributed by atoms with Crippen molar-refractivity contribution < 1.29 is 19.1 Å². The molecule has 6 aliphatic rings. The summed E-state index contributed by atoms with van der Waals surface area (Å²) in [6, 6.07) is 0. The zero-order valence-electron chi connectivity index (χ0n) is 16.4. The number of carbonyl (C=O) groups is 2. The fraction of sp³-hybridized carbons (Fsp3) is 0.909. The lowest BCUT2D eigenvalue weighted by atomic mass is 9.44. The molecule has 27 heavy (non-hydrogen) atoms. The second kappa shape index (κ2) is 5.00. The molecular formula is C22H29BrO4. The highest BCUT2D eigenvalue weighted by molar-refractivity contribution is 9.09. The minimum Gasteiger partial charge on any atom is -0.462 e. The molecule has 1 spiro atoms. The predicted molar refractivity (Wildman–Crippen MR) is 102 cm³/mol. The molecule has 0 aromatic rings. The van der Waals surface area contributed by atoms with Gasteiger partial charge in [0.15, 0.2) is 0 Å². The average molecular weight is 437 g/mol. The molecule has 1 saturated heterocycles.